The van der Waals surface area contributed by atoms with Gasteiger partial charge in [-0.3, -0.25) is 19.6 Å². The van der Waals surface area contributed by atoms with Crippen LogP contribution in [0.5, 0.6) is 11.5 Å². The molecule has 0 spiro atoms. The van der Waals surface area contributed by atoms with Gasteiger partial charge in [0, 0.05) is 49.5 Å². The van der Waals surface area contributed by atoms with Gasteiger partial charge in [0.05, 0.1) is 58.4 Å². The molecule has 2 fully saturated rings. The first kappa shape index (κ1) is 30.4. The molecule has 230 valence electrons. The maximum atomic E-state index is 13.3. The molecule has 0 bridgehead atoms. The van der Waals surface area contributed by atoms with Crippen molar-refractivity contribution in [3.8, 4) is 11.5 Å². The minimum absolute atomic E-state index is 0.0358. The Morgan fingerprint density at radius 2 is 1.25 bits per heavy atom. The summed E-state index contributed by atoms with van der Waals surface area (Å²) in [5.41, 5.74) is 2.27. The SMILES string of the molecule is COc1cc(C(=O)NCC2CCCO2)c2cccnc2c1SSc1c(OC)cc(C(=O)NCC2CCCO2)c2cccnc12. The Bertz CT molecular complexity index is 1550. The molecular weight excluding hydrogens is 601 g/mol. The molecule has 2 atom stereocenters. The Labute approximate surface area is 263 Å². The number of benzene rings is 2. The summed E-state index contributed by atoms with van der Waals surface area (Å²) in [5, 5.41) is 7.46. The lowest BCUT2D eigenvalue weighted by Gasteiger charge is -2.17. The Morgan fingerprint density at radius 3 is 1.64 bits per heavy atom. The van der Waals surface area contributed by atoms with Gasteiger partial charge in [-0.25, -0.2) is 0 Å². The second-order valence-electron chi connectivity index (χ2n) is 10.6. The summed E-state index contributed by atoms with van der Waals surface area (Å²) in [6.07, 6.45) is 7.36. The molecule has 2 aliphatic heterocycles. The Morgan fingerprint density at radius 1 is 0.795 bits per heavy atom. The average molecular weight is 635 g/mol. The molecule has 0 aliphatic carbocycles. The van der Waals surface area contributed by atoms with Crippen LogP contribution in [0.1, 0.15) is 46.4 Å². The zero-order valence-electron chi connectivity index (χ0n) is 24.6. The van der Waals surface area contributed by atoms with Crippen molar-refractivity contribution in [1.29, 1.82) is 0 Å². The topological polar surface area (TPSA) is 121 Å². The molecule has 6 rings (SSSR count). The van der Waals surface area contributed by atoms with Crippen LogP contribution in [0, 0.1) is 0 Å². The van der Waals surface area contributed by atoms with Crippen molar-refractivity contribution in [3.63, 3.8) is 0 Å². The molecule has 2 aromatic carbocycles. The van der Waals surface area contributed by atoms with Crippen molar-refractivity contribution in [2.75, 3.05) is 40.5 Å². The van der Waals surface area contributed by atoms with Gasteiger partial charge in [0.15, 0.2) is 0 Å². The van der Waals surface area contributed by atoms with Crippen LogP contribution in [0.3, 0.4) is 0 Å². The van der Waals surface area contributed by atoms with Crippen LogP contribution in [0.15, 0.2) is 58.6 Å². The lowest BCUT2D eigenvalue weighted by Crippen LogP contribution is -2.32. The normalized spacial score (nSPS) is 18.0. The first-order valence-corrected chi connectivity index (χ1v) is 16.8. The molecule has 2 saturated heterocycles. The van der Waals surface area contributed by atoms with E-state index in [1.807, 2.05) is 24.3 Å². The third-order valence-electron chi connectivity index (χ3n) is 7.79. The molecule has 2 aromatic heterocycles. The lowest BCUT2D eigenvalue weighted by molar-refractivity contribution is 0.0855. The van der Waals surface area contributed by atoms with Crippen molar-refractivity contribution in [1.82, 2.24) is 20.6 Å². The van der Waals surface area contributed by atoms with E-state index in [-0.39, 0.29) is 24.0 Å². The van der Waals surface area contributed by atoms with E-state index in [1.54, 1.807) is 38.7 Å². The van der Waals surface area contributed by atoms with Crippen LogP contribution in [-0.2, 0) is 9.47 Å². The summed E-state index contributed by atoms with van der Waals surface area (Å²) in [6.45, 7) is 2.37. The molecule has 2 N–H and O–H groups in total. The number of rotatable bonds is 11. The summed E-state index contributed by atoms with van der Waals surface area (Å²) >= 11 is 0. The number of nitrogens with one attached hydrogen (secondary N) is 2. The number of methoxy groups -OCH3 is 2. The first-order valence-electron chi connectivity index (χ1n) is 14.6. The summed E-state index contributed by atoms with van der Waals surface area (Å²) in [4.78, 5) is 37.4. The third kappa shape index (κ3) is 6.44. The van der Waals surface area contributed by atoms with Gasteiger partial charge < -0.3 is 29.6 Å². The molecule has 12 heteroatoms. The van der Waals surface area contributed by atoms with E-state index >= 15 is 0 Å². The fraction of sp³-hybridized carbons (Fsp3) is 0.375. The Kier molecular flexibility index (Phi) is 9.70. The number of carbonyl (C=O) groups is 2. The number of ether oxygens (including phenoxy) is 4. The molecule has 0 saturated carbocycles. The second-order valence-corrected chi connectivity index (χ2v) is 12.7. The zero-order valence-corrected chi connectivity index (χ0v) is 26.2. The number of amides is 2. The van der Waals surface area contributed by atoms with Gasteiger partial charge in [-0.15, -0.1) is 0 Å². The van der Waals surface area contributed by atoms with E-state index in [4.69, 9.17) is 18.9 Å². The smallest absolute Gasteiger partial charge is 0.252 e. The summed E-state index contributed by atoms with van der Waals surface area (Å²) in [5.74, 6) is 0.645. The Balaban J connectivity index is 1.30. The highest BCUT2D eigenvalue weighted by molar-refractivity contribution is 8.76. The van der Waals surface area contributed by atoms with Gasteiger partial charge in [-0.1, -0.05) is 12.1 Å². The van der Waals surface area contributed by atoms with Crippen molar-refractivity contribution < 1.29 is 28.5 Å². The van der Waals surface area contributed by atoms with Crippen LogP contribution in [0.4, 0.5) is 0 Å². The van der Waals surface area contributed by atoms with Crippen molar-refractivity contribution in [2.24, 2.45) is 0 Å². The molecule has 2 unspecified atom stereocenters. The molecule has 2 aliphatic rings. The van der Waals surface area contributed by atoms with E-state index in [0.29, 0.717) is 46.7 Å². The monoisotopic (exact) mass is 634 g/mol. The molecule has 2 amide bonds. The van der Waals surface area contributed by atoms with Gasteiger partial charge >= 0.3 is 0 Å². The minimum Gasteiger partial charge on any atom is -0.495 e. The number of aromatic nitrogens is 2. The molecular formula is C32H34N4O6S2. The fourth-order valence-electron chi connectivity index (χ4n) is 5.53. The maximum absolute atomic E-state index is 13.3. The van der Waals surface area contributed by atoms with Gasteiger partial charge in [0.1, 0.15) is 11.5 Å². The fourth-order valence-corrected chi connectivity index (χ4v) is 8.09. The number of nitrogens with zero attached hydrogens (tertiary/aromatic N) is 2. The standard InChI is InChI=1S/C32H34N4O6S2/c1-39-25-15-23(31(37)35-17-19-7-5-13-41-19)21-9-3-11-33-27(21)29(25)43-44-30-26(40-2)16-24(22-10-4-12-34-28(22)30)32(38)36-18-20-8-6-14-42-20/h3-4,9-12,15-16,19-20H,5-8,13-14,17-18H2,1-2H3,(H,35,37)(H,36,38). The van der Waals surface area contributed by atoms with Crippen molar-refractivity contribution in [2.45, 2.75) is 47.7 Å². The number of carbonyl (C=O) groups excluding carboxylic acids is 2. The largest absolute Gasteiger partial charge is 0.495 e. The molecule has 4 aromatic rings. The Hall–Kier alpha value is -3.58. The quantitative estimate of drug-likeness (QED) is 0.207. The van der Waals surface area contributed by atoms with Gasteiger partial charge in [-0.2, -0.15) is 0 Å². The predicted octanol–water partition coefficient (Wildman–Crippen LogP) is 5.42. The summed E-state index contributed by atoms with van der Waals surface area (Å²) in [6, 6.07) is 10.9. The highest BCUT2D eigenvalue weighted by Crippen LogP contribution is 2.50. The highest BCUT2D eigenvalue weighted by Gasteiger charge is 2.24. The van der Waals surface area contributed by atoms with E-state index in [2.05, 4.69) is 20.6 Å². The minimum atomic E-state index is -0.203. The molecule has 44 heavy (non-hydrogen) atoms. The van der Waals surface area contributed by atoms with E-state index in [0.717, 1.165) is 59.5 Å². The summed E-state index contributed by atoms with van der Waals surface area (Å²) < 4.78 is 22.9. The second kappa shape index (κ2) is 14.0. The molecule has 4 heterocycles. The molecule has 10 nitrogen and oxygen atoms in total. The van der Waals surface area contributed by atoms with Gasteiger partial charge in [0.2, 0.25) is 0 Å². The number of hydrogen-bond acceptors (Lipinski definition) is 10. The molecule has 0 radical (unpaired) electrons. The van der Waals surface area contributed by atoms with E-state index < -0.39 is 0 Å². The van der Waals surface area contributed by atoms with Gasteiger partial charge in [-0.05, 0) is 71.5 Å². The van der Waals surface area contributed by atoms with Crippen LogP contribution in [-0.4, -0.2) is 74.5 Å². The zero-order chi connectivity index (χ0) is 30.5. The van der Waals surface area contributed by atoms with Crippen molar-refractivity contribution in [3.05, 3.63) is 59.9 Å². The van der Waals surface area contributed by atoms with Crippen LogP contribution >= 0.6 is 21.6 Å². The number of fused-ring (bicyclic) bond motifs is 2. The highest BCUT2D eigenvalue weighted by atomic mass is 33.1. The maximum Gasteiger partial charge on any atom is 0.252 e. The van der Waals surface area contributed by atoms with Crippen LogP contribution < -0.4 is 20.1 Å². The first-order chi connectivity index (χ1) is 21.6. The van der Waals surface area contributed by atoms with E-state index in [9.17, 15) is 9.59 Å². The predicted molar refractivity (Wildman–Crippen MR) is 171 cm³/mol. The van der Waals surface area contributed by atoms with Crippen LogP contribution in [0.25, 0.3) is 21.8 Å². The summed E-state index contributed by atoms with van der Waals surface area (Å²) in [7, 11) is 6.02. The third-order valence-corrected chi connectivity index (χ3v) is 10.2. The van der Waals surface area contributed by atoms with Gasteiger partial charge in [0.25, 0.3) is 11.8 Å². The number of hydrogen-bond donors (Lipinski definition) is 2. The van der Waals surface area contributed by atoms with E-state index in [1.165, 1.54) is 21.6 Å². The van der Waals surface area contributed by atoms with Crippen molar-refractivity contribution >= 4 is 55.2 Å². The van der Waals surface area contributed by atoms with Crippen LogP contribution in [0.2, 0.25) is 0 Å². The average Bonchev–Trinajstić information content (AvgIpc) is 3.79. The lowest BCUT2D eigenvalue weighted by atomic mass is 10.1. The number of pyridine rings is 2.